The first kappa shape index (κ1) is 42.3. The molecule has 1 aliphatic carbocycles. The lowest BCUT2D eigenvalue weighted by Crippen LogP contribution is -2.50. The number of phenols is 1. The quantitative estimate of drug-likeness (QED) is 0.244. The van der Waals surface area contributed by atoms with Crippen LogP contribution in [0.2, 0.25) is 0 Å². The second kappa shape index (κ2) is 15.8. The molecule has 13 heteroatoms. The molecule has 9 atom stereocenters. The third-order valence-electron chi connectivity index (χ3n) is 12.9. The fraction of sp³-hybridized carbons (Fsp3) is 0.591. The number of fused-ring (bicyclic) bond motifs is 13. The number of aliphatic imine (C=N–C) groups is 1. The average molecular weight is 789 g/mol. The maximum Gasteiger partial charge on any atom is 0.312 e. The summed E-state index contributed by atoms with van der Waals surface area (Å²) in [6, 6.07) is 0. The lowest BCUT2D eigenvalue weighted by molar-refractivity contribution is -0.116. The Morgan fingerprint density at radius 1 is 0.877 bits per heavy atom. The molecule has 0 saturated carbocycles. The summed E-state index contributed by atoms with van der Waals surface area (Å²) in [7, 11) is 0. The van der Waals surface area contributed by atoms with E-state index in [0.29, 0.717) is 18.8 Å². The SMILES string of the molecule is C/C1=C/C=C/[C@H](C)[C@H](O)[C@@H](C)[C@@H](O)[C@@H](C)[C@H](O)[C@H](C)[C@@H](C)/C=C/O[C@@]2(C)Oc3c(C)c(O)c4c(c3C2=O)C2=NC3(CCN(CC(C)C)CC3)NC2=C(NC1=O)C4=O. The van der Waals surface area contributed by atoms with Crippen molar-refractivity contribution in [3.05, 3.63) is 69.8 Å². The number of nitrogens with zero attached hydrogens (tertiary/aromatic N) is 2. The van der Waals surface area contributed by atoms with Crippen LogP contribution in [0, 0.1) is 42.4 Å². The first-order valence-electron chi connectivity index (χ1n) is 20.3. The van der Waals surface area contributed by atoms with Gasteiger partial charge in [0.25, 0.3) is 11.7 Å². The Kier molecular flexibility index (Phi) is 11.7. The number of rotatable bonds is 2. The van der Waals surface area contributed by atoms with Crippen molar-refractivity contribution in [2.45, 2.75) is 112 Å². The molecule has 5 bridgehead atoms. The Balaban J connectivity index is 1.48. The summed E-state index contributed by atoms with van der Waals surface area (Å²) in [5, 5.41) is 51.9. The van der Waals surface area contributed by atoms with Gasteiger partial charge in [-0.3, -0.25) is 19.4 Å². The zero-order chi connectivity index (χ0) is 41.9. The Morgan fingerprint density at radius 2 is 1.51 bits per heavy atom. The van der Waals surface area contributed by atoms with Gasteiger partial charge in [0.1, 0.15) is 22.9 Å². The van der Waals surface area contributed by atoms with Crippen molar-refractivity contribution in [3.63, 3.8) is 0 Å². The number of phenolic OH excluding ortho intramolecular Hbond substituents is 1. The number of Topliss-reactive ketones (excluding diaryl/α,β-unsaturated/α-hetero) is 2. The first-order valence-corrected chi connectivity index (χ1v) is 20.3. The molecular weight excluding hydrogens is 729 g/mol. The number of hydrogen-bond donors (Lipinski definition) is 6. The molecule has 0 radical (unpaired) electrons. The summed E-state index contributed by atoms with van der Waals surface area (Å²) in [6.45, 7) is 20.4. The largest absolute Gasteiger partial charge is 0.507 e. The zero-order valence-electron chi connectivity index (χ0n) is 34.8. The minimum Gasteiger partial charge on any atom is -0.507 e. The topological polar surface area (TPSA) is 190 Å². The number of hydrogen-bond acceptors (Lipinski definition) is 12. The number of allylic oxidation sites excluding steroid dienone is 5. The minimum atomic E-state index is -1.88. The van der Waals surface area contributed by atoms with Crippen molar-refractivity contribution in [1.29, 1.82) is 0 Å². The Labute approximate surface area is 335 Å². The molecule has 1 aromatic carbocycles. The summed E-state index contributed by atoms with van der Waals surface area (Å²) in [5.41, 5.74) is 0.0781. The highest BCUT2D eigenvalue weighted by Gasteiger charge is 2.54. The number of likely N-dealkylation sites (tertiary alicyclic amines) is 1. The van der Waals surface area contributed by atoms with E-state index in [-0.39, 0.29) is 62.5 Å². The molecular formula is C44H60N4O9. The van der Waals surface area contributed by atoms with Crippen LogP contribution in [-0.4, -0.2) is 97.9 Å². The molecule has 5 heterocycles. The number of amides is 1. The van der Waals surface area contributed by atoms with Crippen LogP contribution >= 0.6 is 0 Å². The molecule has 1 aromatic rings. The van der Waals surface area contributed by atoms with E-state index in [9.17, 15) is 34.8 Å². The number of benzene rings is 1. The number of aromatic hydroxyl groups is 1. The molecule has 1 fully saturated rings. The summed E-state index contributed by atoms with van der Waals surface area (Å²) in [4.78, 5) is 50.6. The molecule has 13 nitrogen and oxygen atoms in total. The van der Waals surface area contributed by atoms with Crippen molar-refractivity contribution in [2.24, 2.45) is 40.5 Å². The van der Waals surface area contributed by atoms with Crippen molar-refractivity contribution in [2.75, 3.05) is 19.6 Å². The smallest absolute Gasteiger partial charge is 0.312 e. The number of carbonyl (C=O) groups excluding carboxylic acids is 3. The van der Waals surface area contributed by atoms with E-state index in [4.69, 9.17) is 14.5 Å². The van der Waals surface area contributed by atoms with Crippen LogP contribution in [0.4, 0.5) is 0 Å². The van der Waals surface area contributed by atoms with Crippen LogP contribution < -0.4 is 15.4 Å². The third-order valence-corrected chi connectivity index (χ3v) is 12.9. The lowest BCUT2D eigenvalue weighted by atomic mass is 9.77. The molecule has 0 unspecified atom stereocenters. The predicted molar refractivity (Wildman–Crippen MR) is 216 cm³/mol. The van der Waals surface area contributed by atoms with Crippen LogP contribution in [0.3, 0.4) is 0 Å². The van der Waals surface area contributed by atoms with Crippen molar-refractivity contribution in [1.82, 2.24) is 15.5 Å². The van der Waals surface area contributed by atoms with Gasteiger partial charge in [0, 0.05) is 73.9 Å². The zero-order valence-corrected chi connectivity index (χ0v) is 34.8. The normalized spacial score (nSPS) is 35.5. The van der Waals surface area contributed by atoms with Gasteiger partial charge in [0.15, 0.2) is 0 Å². The van der Waals surface area contributed by atoms with Crippen molar-refractivity contribution < 1.29 is 44.3 Å². The summed E-state index contributed by atoms with van der Waals surface area (Å²) < 4.78 is 12.3. The molecule has 1 amide bonds. The second-order valence-electron chi connectivity index (χ2n) is 17.6. The van der Waals surface area contributed by atoms with Gasteiger partial charge in [-0.25, -0.2) is 0 Å². The van der Waals surface area contributed by atoms with E-state index < -0.39 is 70.7 Å². The van der Waals surface area contributed by atoms with Crippen LogP contribution in [0.15, 0.2) is 52.5 Å². The number of ether oxygens (including phenoxy) is 2. The van der Waals surface area contributed by atoms with E-state index in [1.807, 2.05) is 13.8 Å². The highest BCUT2D eigenvalue weighted by molar-refractivity contribution is 6.34. The predicted octanol–water partition coefficient (Wildman–Crippen LogP) is 4.67. The molecule has 7 rings (SSSR count). The molecule has 310 valence electrons. The number of piperidine rings is 1. The fourth-order valence-corrected chi connectivity index (χ4v) is 8.75. The maximum absolute atomic E-state index is 14.6. The van der Waals surface area contributed by atoms with Gasteiger partial charge in [0.05, 0.1) is 47.1 Å². The van der Waals surface area contributed by atoms with Gasteiger partial charge >= 0.3 is 5.79 Å². The number of carbonyl (C=O) groups is 3. The Morgan fingerprint density at radius 3 is 2.16 bits per heavy atom. The molecule has 1 spiro atoms. The van der Waals surface area contributed by atoms with E-state index >= 15 is 0 Å². The standard InChI is InChI=1S/C44H60N4O9/c1-21(2)20-48-17-15-44(16-18-48)46-32-29-30-38(52)28(9)40-31(29)41(54)43(10,57-40)56-19-14-22(3)25(6)36(50)27(8)37(51)26(7)35(49)23(4)12-11-13-24(5)42(55)45-34(39(30)53)33(32)47-44/h11-14,19,21-23,25-27,35-37,47,49-52H,15-18,20H2,1-10H3,(H,45,55)/b12-11+,19-14+,24-13-/t22-,23-,25+,26+,27-,35-,36+,37+,43-/m0/s1. The van der Waals surface area contributed by atoms with Crippen molar-refractivity contribution in [3.8, 4) is 11.5 Å². The van der Waals surface area contributed by atoms with Gasteiger partial charge in [-0.2, -0.15) is 0 Å². The van der Waals surface area contributed by atoms with Crippen LogP contribution in [0.25, 0.3) is 0 Å². The molecule has 1 saturated heterocycles. The molecule has 5 aliphatic heterocycles. The Bertz CT molecular complexity index is 1970. The average Bonchev–Trinajstić information content (AvgIpc) is 3.67. The summed E-state index contributed by atoms with van der Waals surface area (Å²) in [6.07, 6.45) is 6.26. The van der Waals surface area contributed by atoms with E-state index in [0.717, 1.165) is 19.6 Å². The monoisotopic (exact) mass is 788 g/mol. The van der Waals surface area contributed by atoms with Gasteiger partial charge in [-0.1, -0.05) is 66.7 Å². The van der Waals surface area contributed by atoms with Crippen LogP contribution in [-0.2, 0) is 9.53 Å². The van der Waals surface area contributed by atoms with Gasteiger partial charge in [-0.15, -0.1) is 0 Å². The number of nitrogens with one attached hydrogen (secondary N) is 2. The van der Waals surface area contributed by atoms with Gasteiger partial charge in [0.2, 0.25) is 5.78 Å². The lowest BCUT2D eigenvalue weighted by Gasteiger charge is -2.38. The number of aliphatic hydroxyl groups excluding tert-OH is 3. The Hall–Kier alpha value is -4.30. The molecule has 0 aromatic heterocycles. The molecule has 6 N–H and O–H groups in total. The van der Waals surface area contributed by atoms with Crippen LogP contribution in [0.1, 0.15) is 107 Å². The van der Waals surface area contributed by atoms with Gasteiger partial charge < -0.3 is 45.4 Å². The van der Waals surface area contributed by atoms with Gasteiger partial charge in [-0.05, 0) is 37.7 Å². The summed E-state index contributed by atoms with van der Waals surface area (Å²) in [5.74, 6) is -5.80. The highest BCUT2D eigenvalue weighted by Crippen LogP contribution is 2.50. The van der Waals surface area contributed by atoms with Crippen molar-refractivity contribution >= 4 is 23.2 Å². The van der Waals surface area contributed by atoms with E-state index in [2.05, 4.69) is 29.4 Å². The third kappa shape index (κ3) is 7.59. The highest BCUT2D eigenvalue weighted by atomic mass is 16.7. The maximum atomic E-state index is 14.6. The first-order chi connectivity index (χ1) is 26.7. The fourth-order valence-electron chi connectivity index (χ4n) is 8.75. The number of aliphatic hydroxyl groups is 3. The van der Waals surface area contributed by atoms with E-state index in [1.165, 1.54) is 13.2 Å². The summed E-state index contributed by atoms with van der Waals surface area (Å²) >= 11 is 0. The number of ketones is 2. The minimum absolute atomic E-state index is 0.0584. The molecule has 6 aliphatic rings. The van der Waals surface area contributed by atoms with Crippen LogP contribution in [0.5, 0.6) is 11.5 Å². The molecule has 57 heavy (non-hydrogen) atoms. The van der Waals surface area contributed by atoms with E-state index in [1.54, 1.807) is 58.9 Å². The second-order valence-corrected chi connectivity index (χ2v) is 17.6.